The van der Waals surface area contributed by atoms with Gasteiger partial charge in [0.2, 0.25) is 5.91 Å². The summed E-state index contributed by atoms with van der Waals surface area (Å²) < 4.78 is 5.62. The van der Waals surface area contributed by atoms with Crippen molar-refractivity contribution in [1.82, 2.24) is 10.3 Å². The Morgan fingerprint density at radius 2 is 2.11 bits per heavy atom. The van der Waals surface area contributed by atoms with Crippen molar-refractivity contribution < 1.29 is 9.53 Å². The number of hydrogen-bond donors (Lipinski definition) is 2. The van der Waals surface area contributed by atoms with Crippen LogP contribution in [0.5, 0.6) is 5.75 Å². The fourth-order valence-corrected chi connectivity index (χ4v) is 3.50. The molecule has 0 saturated carbocycles. The van der Waals surface area contributed by atoms with Crippen molar-refractivity contribution in [3.63, 3.8) is 0 Å². The molecule has 0 spiro atoms. The number of carbonyl (C=O) groups is 1. The predicted molar refractivity (Wildman–Crippen MR) is 107 cm³/mol. The minimum Gasteiger partial charge on any atom is -0.492 e. The van der Waals surface area contributed by atoms with Gasteiger partial charge in [-0.3, -0.25) is 4.79 Å². The smallest absolute Gasteiger partial charge is 0.250 e. The van der Waals surface area contributed by atoms with Crippen molar-refractivity contribution >= 4 is 23.3 Å². The normalized spacial score (nSPS) is 14.7. The average Bonchev–Trinajstić information content (AvgIpc) is 2.69. The number of anilines is 1. The summed E-state index contributed by atoms with van der Waals surface area (Å²) in [5, 5.41) is 4.01. The number of rotatable bonds is 7. The van der Waals surface area contributed by atoms with Gasteiger partial charge in [0.25, 0.3) is 0 Å². The van der Waals surface area contributed by atoms with Gasteiger partial charge in [0, 0.05) is 18.8 Å². The molecule has 1 amide bonds. The third kappa shape index (κ3) is 4.90. The second-order valence-electron chi connectivity index (χ2n) is 6.58. The van der Waals surface area contributed by atoms with Crippen molar-refractivity contribution in [2.45, 2.75) is 32.4 Å². The number of ether oxygens (including phenoxy) is 1. The standard InChI is InChI=1S/C20H25ClN4O2/c1-2-27-18-11-14(3-5-17(18)21)13-25(16-7-9-23-10-8-16)19-6-4-15(12-24-19)20(22)26/h3-6,11-12,16,23H,2,7-10,13H2,1H3,(H2,22,26). The molecule has 1 aromatic carbocycles. The molecular weight excluding hydrogens is 364 g/mol. The maximum atomic E-state index is 11.3. The van der Waals surface area contributed by atoms with Crippen LogP contribution in [0.25, 0.3) is 0 Å². The van der Waals surface area contributed by atoms with Gasteiger partial charge in [-0.15, -0.1) is 0 Å². The second kappa shape index (κ2) is 9.06. The Morgan fingerprint density at radius 1 is 1.33 bits per heavy atom. The van der Waals surface area contributed by atoms with E-state index in [2.05, 4.69) is 15.2 Å². The van der Waals surface area contributed by atoms with Gasteiger partial charge in [0.15, 0.2) is 0 Å². The summed E-state index contributed by atoms with van der Waals surface area (Å²) in [5.41, 5.74) is 6.85. The van der Waals surface area contributed by atoms with E-state index in [0.717, 1.165) is 37.3 Å². The van der Waals surface area contributed by atoms with E-state index in [-0.39, 0.29) is 0 Å². The molecule has 0 unspecified atom stereocenters. The Kier molecular flexibility index (Phi) is 6.53. The Bertz CT molecular complexity index is 776. The van der Waals surface area contributed by atoms with Gasteiger partial charge >= 0.3 is 0 Å². The third-order valence-electron chi connectivity index (χ3n) is 4.72. The zero-order valence-corrected chi connectivity index (χ0v) is 16.2. The topological polar surface area (TPSA) is 80.5 Å². The third-order valence-corrected chi connectivity index (χ3v) is 5.04. The quantitative estimate of drug-likeness (QED) is 0.762. The molecule has 7 heteroatoms. The first-order valence-corrected chi connectivity index (χ1v) is 9.60. The number of halogens is 1. The molecule has 0 radical (unpaired) electrons. The van der Waals surface area contributed by atoms with Crippen LogP contribution in [-0.2, 0) is 6.54 Å². The lowest BCUT2D eigenvalue weighted by atomic mass is 10.0. The monoisotopic (exact) mass is 388 g/mol. The molecule has 3 N–H and O–H groups in total. The molecule has 1 saturated heterocycles. The number of amides is 1. The summed E-state index contributed by atoms with van der Waals surface area (Å²) in [5.74, 6) is 1.06. The molecule has 1 aromatic heterocycles. The minimum absolute atomic E-state index is 0.365. The number of carbonyl (C=O) groups excluding carboxylic acids is 1. The van der Waals surface area contributed by atoms with Gasteiger partial charge in [-0.2, -0.15) is 0 Å². The fraction of sp³-hybridized carbons (Fsp3) is 0.400. The van der Waals surface area contributed by atoms with Gasteiger partial charge < -0.3 is 20.7 Å². The van der Waals surface area contributed by atoms with Crippen LogP contribution in [0.3, 0.4) is 0 Å². The second-order valence-corrected chi connectivity index (χ2v) is 6.98. The van der Waals surface area contributed by atoms with Gasteiger partial charge in [-0.05, 0) is 62.7 Å². The van der Waals surface area contributed by atoms with Gasteiger partial charge in [0.1, 0.15) is 11.6 Å². The van der Waals surface area contributed by atoms with Crippen LogP contribution in [0.4, 0.5) is 5.82 Å². The summed E-state index contributed by atoms with van der Waals surface area (Å²) in [6.07, 6.45) is 3.61. The highest BCUT2D eigenvalue weighted by molar-refractivity contribution is 6.32. The van der Waals surface area contributed by atoms with Crippen molar-refractivity contribution in [2.75, 3.05) is 24.6 Å². The van der Waals surface area contributed by atoms with Crippen LogP contribution in [0, 0.1) is 0 Å². The molecule has 0 atom stereocenters. The van der Waals surface area contributed by atoms with E-state index in [1.807, 2.05) is 31.2 Å². The zero-order valence-electron chi connectivity index (χ0n) is 15.5. The number of piperidine rings is 1. The van der Waals surface area contributed by atoms with E-state index in [1.54, 1.807) is 12.3 Å². The molecule has 0 bridgehead atoms. The first-order valence-electron chi connectivity index (χ1n) is 9.23. The van der Waals surface area contributed by atoms with E-state index in [4.69, 9.17) is 22.1 Å². The Labute approximate surface area is 164 Å². The van der Waals surface area contributed by atoms with E-state index in [1.165, 1.54) is 0 Å². The van der Waals surface area contributed by atoms with Crippen LogP contribution in [0.2, 0.25) is 5.02 Å². The average molecular weight is 389 g/mol. The molecule has 2 heterocycles. The van der Waals surface area contributed by atoms with Gasteiger partial charge in [0.05, 0.1) is 17.2 Å². The lowest BCUT2D eigenvalue weighted by Gasteiger charge is -2.35. The van der Waals surface area contributed by atoms with Crippen LogP contribution < -0.4 is 20.7 Å². The Hall–Kier alpha value is -2.31. The number of nitrogens with zero attached hydrogens (tertiary/aromatic N) is 2. The molecule has 27 heavy (non-hydrogen) atoms. The van der Waals surface area contributed by atoms with Crippen LogP contribution in [0.1, 0.15) is 35.7 Å². The number of pyridine rings is 1. The first-order chi connectivity index (χ1) is 13.1. The molecule has 1 aliphatic rings. The van der Waals surface area contributed by atoms with Gasteiger partial charge in [-0.25, -0.2) is 4.98 Å². The largest absolute Gasteiger partial charge is 0.492 e. The molecule has 144 valence electrons. The summed E-state index contributed by atoms with van der Waals surface area (Å²) >= 11 is 6.22. The van der Waals surface area contributed by atoms with Crippen LogP contribution >= 0.6 is 11.6 Å². The van der Waals surface area contributed by atoms with E-state index < -0.39 is 5.91 Å². The number of nitrogens with two attached hydrogens (primary N) is 1. The molecule has 2 aromatic rings. The Morgan fingerprint density at radius 3 is 2.74 bits per heavy atom. The van der Waals surface area contributed by atoms with E-state index >= 15 is 0 Å². The van der Waals surface area contributed by atoms with Crippen LogP contribution in [-0.4, -0.2) is 36.6 Å². The maximum absolute atomic E-state index is 11.3. The lowest BCUT2D eigenvalue weighted by Crippen LogP contribution is -2.43. The number of benzene rings is 1. The molecule has 0 aliphatic carbocycles. The van der Waals surface area contributed by atoms with Gasteiger partial charge in [-0.1, -0.05) is 17.7 Å². The zero-order chi connectivity index (χ0) is 19.2. The number of hydrogen-bond acceptors (Lipinski definition) is 5. The summed E-state index contributed by atoms with van der Waals surface area (Å²) in [7, 11) is 0. The summed E-state index contributed by atoms with van der Waals surface area (Å²) in [4.78, 5) is 18.1. The van der Waals surface area contributed by atoms with E-state index in [0.29, 0.717) is 35.5 Å². The lowest BCUT2D eigenvalue weighted by molar-refractivity contribution is 0.1000. The molecule has 3 rings (SSSR count). The molecule has 1 fully saturated rings. The predicted octanol–water partition coefficient (Wildman–Crippen LogP) is 2.99. The number of nitrogens with one attached hydrogen (secondary N) is 1. The fourth-order valence-electron chi connectivity index (χ4n) is 3.33. The highest BCUT2D eigenvalue weighted by Gasteiger charge is 2.23. The maximum Gasteiger partial charge on any atom is 0.250 e. The van der Waals surface area contributed by atoms with Crippen molar-refractivity contribution in [3.8, 4) is 5.75 Å². The highest BCUT2D eigenvalue weighted by Crippen LogP contribution is 2.28. The van der Waals surface area contributed by atoms with E-state index in [9.17, 15) is 4.79 Å². The summed E-state index contributed by atoms with van der Waals surface area (Å²) in [6.45, 7) is 5.15. The minimum atomic E-state index is -0.471. The highest BCUT2D eigenvalue weighted by atomic mass is 35.5. The SMILES string of the molecule is CCOc1cc(CN(c2ccc(C(N)=O)cn2)C2CCNCC2)ccc1Cl. The first kappa shape index (κ1) is 19.5. The van der Waals surface area contributed by atoms with Crippen LogP contribution in [0.15, 0.2) is 36.5 Å². The van der Waals surface area contributed by atoms with Crippen molar-refractivity contribution in [2.24, 2.45) is 5.73 Å². The molecular formula is C20H25ClN4O2. The number of aromatic nitrogens is 1. The number of primary amides is 1. The molecule has 1 aliphatic heterocycles. The van der Waals surface area contributed by atoms with Crippen molar-refractivity contribution in [3.05, 3.63) is 52.7 Å². The molecule has 6 nitrogen and oxygen atoms in total. The summed E-state index contributed by atoms with van der Waals surface area (Å²) in [6, 6.07) is 9.82. The van der Waals surface area contributed by atoms with Crippen molar-refractivity contribution in [1.29, 1.82) is 0 Å². The Balaban J connectivity index is 1.88.